The molecule has 0 spiro atoms. The van der Waals surface area contributed by atoms with E-state index < -0.39 is 15.6 Å². The fourth-order valence-corrected chi connectivity index (χ4v) is 2.87. The van der Waals surface area contributed by atoms with Gasteiger partial charge in [0.25, 0.3) is 0 Å². The summed E-state index contributed by atoms with van der Waals surface area (Å²) in [5.74, 6) is -0.257. The van der Waals surface area contributed by atoms with Crippen LogP contribution in [0.5, 0.6) is 0 Å². The van der Waals surface area contributed by atoms with Crippen molar-refractivity contribution in [3.63, 3.8) is 0 Å². The first-order valence-corrected chi connectivity index (χ1v) is 8.46. The Morgan fingerprint density at radius 2 is 1.95 bits per heavy atom. The molecule has 0 saturated carbocycles. The van der Waals surface area contributed by atoms with Gasteiger partial charge in [0.2, 0.25) is 15.9 Å². The molecule has 1 rings (SSSR count). The molecule has 0 radical (unpaired) electrons. The average molecular weight is 292 g/mol. The Morgan fingerprint density at radius 1 is 1.42 bits per heavy atom. The largest absolute Gasteiger partial charge is 0.388 e. The minimum atomic E-state index is -3.15. The van der Waals surface area contributed by atoms with Crippen molar-refractivity contribution in [2.75, 3.05) is 25.9 Å². The summed E-state index contributed by atoms with van der Waals surface area (Å²) in [6.45, 7) is 4.55. The van der Waals surface area contributed by atoms with Gasteiger partial charge in [0.05, 0.1) is 11.9 Å². The zero-order valence-corrected chi connectivity index (χ0v) is 12.7. The molecule has 0 aliphatic carbocycles. The van der Waals surface area contributed by atoms with Gasteiger partial charge in [-0.2, -0.15) is 0 Å². The van der Waals surface area contributed by atoms with Crippen molar-refractivity contribution in [2.24, 2.45) is 5.92 Å². The Morgan fingerprint density at radius 3 is 2.37 bits per heavy atom. The second-order valence-electron chi connectivity index (χ2n) is 5.50. The van der Waals surface area contributed by atoms with Gasteiger partial charge in [-0.25, -0.2) is 12.7 Å². The highest BCUT2D eigenvalue weighted by Gasteiger charge is 2.29. The van der Waals surface area contributed by atoms with E-state index in [9.17, 15) is 18.3 Å². The molecular weight excluding hydrogens is 268 g/mol. The lowest BCUT2D eigenvalue weighted by atomic mass is 9.96. The molecule has 1 saturated heterocycles. The fraction of sp³-hybridized carbons (Fsp3) is 0.917. The molecule has 19 heavy (non-hydrogen) atoms. The number of carbonyl (C=O) groups excluding carboxylic acids is 1. The third-order valence-electron chi connectivity index (χ3n) is 3.70. The van der Waals surface area contributed by atoms with E-state index in [0.29, 0.717) is 32.4 Å². The number of nitrogens with one attached hydrogen (secondary N) is 1. The maximum atomic E-state index is 11.9. The number of rotatable bonds is 5. The molecule has 1 amide bonds. The molecule has 7 heteroatoms. The number of amides is 1. The van der Waals surface area contributed by atoms with E-state index in [4.69, 9.17) is 0 Å². The molecule has 0 aromatic rings. The lowest BCUT2D eigenvalue weighted by molar-refractivity contribution is -0.127. The summed E-state index contributed by atoms with van der Waals surface area (Å²) >= 11 is 0. The molecule has 1 aliphatic heterocycles. The molecule has 112 valence electrons. The quantitative estimate of drug-likeness (QED) is 0.743. The topological polar surface area (TPSA) is 86.7 Å². The summed E-state index contributed by atoms with van der Waals surface area (Å²) in [6, 6.07) is 0. The van der Waals surface area contributed by atoms with Crippen LogP contribution in [0.2, 0.25) is 0 Å². The predicted octanol–water partition coefficient (Wildman–Crippen LogP) is -0.0648. The van der Waals surface area contributed by atoms with Gasteiger partial charge < -0.3 is 10.4 Å². The lowest BCUT2D eigenvalue weighted by Gasteiger charge is -2.30. The van der Waals surface area contributed by atoms with Crippen LogP contribution in [0.25, 0.3) is 0 Å². The van der Waals surface area contributed by atoms with Crippen molar-refractivity contribution in [3.8, 4) is 0 Å². The molecule has 0 aromatic heterocycles. The summed E-state index contributed by atoms with van der Waals surface area (Å²) in [5, 5.41) is 12.6. The maximum Gasteiger partial charge on any atom is 0.223 e. The lowest BCUT2D eigenvalue weighted by Crippen LogP contribution is -2.46. The van der Waals surface area contributed by atoms with Crippen LogP contribution in [0.15, 0.2) is 0 Å². The molecule has 1 heterocycles. The van der Waals surface area contributed by atoms with Crippen molar-refractivity contribution in [1.82, 2.24) is 9.62 Å². The number of hydrogen-bond acceptors (Lipinski definition) is 4. The zero-order chi connectivity index (χ0) is 14.7. The van der Waals surface area contributed by atoms with E-state index in [-0.39, 0.29) is 18.4 Å². The SMILES string of the molecule is CCC(C)(O)CNC(=O)C1CCN(S(C)(=O)=O)CC1. The van der Waals surface area contributed by atoms with Gasteiger partial charge in [0.1, 0.15) is 0 Å². The van der Waals surface area contributed by atoms with E-state index >= 15 is 0 Å². The Balaban J connectivity index is 2.41. The number of nitrogens with zero attached hydrogens (tertiary/aromatic N) is 1. The average Bonchev–Trinajstić information content (AvgIpc) is 2.35. The second kappa shape index (κ2) is 6.19. The summed E-state index contributed by atoms with van der Waals surface area (Å²) < 4.78 is 24.1. The van der Waals surface area contributed by atoms with Crippen molar-refractivity contribution in [2.45, 2.75) is 38.7 Å². The standard InChI is InChI=1S/C12H24N2O4S/c1-4-12(2,16)9-13-11(15)10-5-7-14(8-6-10)19(3,17)18/h10,16H,4-9H2,1-3H3,(H,13,15). The summed E-state index contributed by atoms with van der Waals surface area (Å²) in [6.07, 6.45) is 2.83. The van der Waals surface area contributed by atoms with Crippen LogP contribution in [0.1, 0.15) is 33.1 Å². The van der Waals surface area contributed by atoms with Crippen molar-refractivity contribution < 1.29 is 18.3 Å². The Bertz CT molecular complexity index is 411. The van der Waals surface area contributed by atoms with Crippen LogP contribution in [0.4, 0.5) is 0 Å². The smallest absolute Gasteiger partial charge is 0.223 e. The predicted molar refractivity (Wildman–Crippen MR) is 73.1 cm³/mol. The third-order valence-corrected chi connectivity index (χ3v) is 5.00. The molecule has 6 nitrogen and oxygen atoms in total. The van der Waals surface area contributed by atoms with E-state index in [1.807, 2.05) is 6.92 Å². The molecule has 2 N–H and O–H groups in total. The number of sulfonamides is 1. The van der Waals surface area contributed by atoms with Gasteiger partial charge in [0.15, 0.2) is 0 Å². The van der Waals surface area contributed by atoms with Crippen molar-refractivity contribution in [3.05, 3.63) is 0 Å². The van der Waals surface area contributed by atoms with Crippen molar-refractivity contribution >= 4 is 15.9 Å². The molecule has 0 bridgehead atoms. The number of hydrogen-bond donors (Lipinski definition) is 2. The first kappa shape index (κ1) is 16.4. The molecule has 1 aliphatic rings. The third kappa shape index (κ3) is 5.08. The van der Waals surface area contributed by atoms with Gasteiger partial charge >= 0.3 is 0 Å². The van der Waals surface area contributed by atoms with E-state index in [0.717, 1.165) is 0 Å². The molecule has 1 unspecified atom stereocenters. The van der Waals surface area contributed by atoms with Crippen LogP contribution < -0.4 is 5.32 Å². The fourth-order valence-electron chi connectivity index (χ4n) is 2.00. The van der Waals surface area contributed by atoms with Crippen LogP contribution in [-0.2, 0) is 14.8 Å². The highest BCUT2D eigenvalue weighted by molar-refractivity contribution is 7.88. The Kier molecular flexibility index (Phi) is 5.34. The highest BCUT2D eigenvalue weighted by atomic mass is 32.2. The summed E-state index contributed by atoms with van der Waals surface area (Å²) in [5.41, 5.74) is -0.886. The second-order valence-corrected chi connectivity index (χ2v) is 7.49. The Hall–Kier alpha value is -0.660. The minimum Gasteiger partial charge on any atom is -0.388 e. The van der Waals surface area contributed by atoms with Gasteiger partial charge in [0, 0.05) is 25.6 Å². The van der Waals surface area contributed by atoms with E-state index in [1.54, 1.807) is 6.92 Å². The molecule has 1 fully saturated rings. The van der Waals surface area contributed by atoms with Crippen molar-refractivity contribution in [1.29, 1.82) is 0 Å². The Labute approximate surface area is 115 Å². The van der Waals surface area contributed by atoms with Crippen LogP contribution in [0, 0.1) is 5.92 Å². The zero-order valence-electron chi connectivity index (χ0n) is 11.8. The van der Waals surface area contributed by atoms with Crippen LogP contribution in [0.3, 0.4) is 0 Å². The van der Waals surface area contributed by atoms with Gasteiger partial charge in [-0.3, -0.25) is 4.79 Å². The highest BCUT2D eigenvalue weighted by Crippen LogP contribution is 2.19. The van der Waals surface area contributed by atoms with E-state index in [2.05, 4.69) is 5.32 Å². The minimum absolute atomic E-state index is 0.0955. The first-order valence-electron chi connectivity index (χ1n) is 6.61. The number of aliphatic hydroxyl groups is 1. The monoisotopic (exact) mass is 292 g/mol. The van der Waals surface area contributed by atoms with Crippen LogP contribution >= 0.6 is 0 Å². The number of piperidine rings is 1. The first-order chi connectivity index (χ1) is 8.65. The summed E-state index contributed by atoms with van der Waals surface area (Å²) in [7, 11) is -3.15. The number of carbonyl (C=O) groups is 1. The maximum absolute atomic E-state index is 11.9. The van der Waals surface area contributed by atoms with Gasteiger partial charge in [-0.15, -0.1) is 0 Å². The summed E-state index contributed by atoms with van der Waals surface area (Å²) in [4.78, 5) is 11.9. The normalized spacial score (nSPS) is 21.9. The molecule has 0 aromatic carbocycles. The van der Waals surface area contributed by atoms with E-state index in [1.165, 1.54) is 10.6 Å². The van der Waals surface area contributed by atoms with Gasteiger partial charge in [-0.05, 0) is 26.2 Å². The molecular formula is C12H24N2O4S. The van der Waals surface area contributed by atoms with Gasteiger partial charge in [-0.1, -0.05) is 6.92 Å². The molecule has 1 atom stereocenters. The van der Waals surface area contributed by atoms with Crippen LogP contribution in [-0.4, -0.2) is 55.2 Å².